The fourth-order valence-corrected chi connectivity index (χ4v) is 3.62. The molecule has 21 heavy (non-hydrogen) atoms. The van der Waals surface area contributed by atoms with Crippen molar-refractivity contribution in [3.05, 3.63) is 0 Å². The lowest BCUT2D eigenvalue weighted by Crippen LogP contribution is -2.41. The third kappa shape index (κ3) is 3.23. The maximum absolute atomic E-state index is 12.4. The molecule has 0 radical (unpaired) electrons. The maximum Gasteiger partial charge on any atom is 0.311 e. The number of nitrogens with zero attached hydrogens (tertiary/aromatic N) is 1. The summed E-state index contributed by atoms with van der Waals surface area (Å²) < 4.78 is 5.60. The monoisotopic (exact) mass is 297 g/mol. The molecule has 0 bridgehead atoms. The first-order valence-corrected chi connectivity index (χ1v) is 8.00. The molecule has 0 aromatic rings. The summed E-state index contributed by atoms with van der Waals surface area (Å²) >= 11 is 0. The summed E-state index contributed by atoms with van der Waals surface area (Å²) in [6.07, 6.45) is 3.02. The van der Waals surface area contributed by atoms with Crippen LogP contribution in [0.1, 0.15) is 46.5 Å². The van der Waals surface area contributed by atoms with E-state index in [1.54, 1.807) is 11.8 Å². The number of carboxylic acids is 1. The number of carboxylic acid groups (broad SMARTS) is 1. The molecule has 1 aliphatic heterocycles. The van der Waals surface area contributed by atoms with Crippen molar-refractivity contribution >= 4 is 11.9 Å². The zero-order chi connectivity index (χ0) is 15.6. The first kappa shape index (κ1) is 16.3. The Kier molecular flexibility index (Phi) is 4.91. The maximum atomic E-state index is 12.4. The van der Waals surface area contributed by atoms with Gasteiger partial charge in [0.15, 0.2) is 0 Å². The van der Waals surface area contributed by atoms with E-state index in [2.05, 4.69) is 13.8 Å². The van der Waals surface area contributed by atoms with Crippen molar-refractivity contribution in [1.29, 1.82) is 0 Å². The first-order valence-electron chi connectivity index (χ1n) is 8.00. The number of hydrogen-bond acceptors (Lipinski definition) is 3. The summed E-state index contributed by atoms with van der Waals surface area (Å²) in [7, 11) is 0. The Morgan fingerprint density at radius 2 is 2.10 bits per heavy atom. The Hall–Kier alpha value is -1.10. The van der Waals surface area contributed by atoms with E-state index in [0.717, 1.165) is 19.3 Å². The molecule has 0 spiro atoms. The second-order valence-electron chi connectivity index (χ2n) is 6.96. The van der Waals surface area contributed by atoms with Crippen LogP contribution in [0.2, 0.25) is 0 Å². The number of hydrogen-bond donors (Lipinski definition) is 1. The molecule has 1 unspecified atom stereocenters. The van der Waals surface area contributed by atoms with E-state index in [4.69, 9.17) is 4.74 Å². The topological polar surface area (TPSA) is 66.8 Å². The molecule has 5 heteroatoms. The highest BCUT2D eigenvalue weighted by molar-refractivity contribution is 5.83. The molecule has 1 amide bonds. The first-order chi connectivity index (χ1) is 9.86. The van der Waals surface area contributed by atoms with E-state index < -0.39 is 17.5 Å². The average molecular weight is 297 g/mol. The molecular formula is C16H27NO4. The standard InChI is InChI=1S/C16H27NO4/c1-11(2)6-8-21-12(3)14(18)17-9-13-5-4-7-16(13,10-17)15(19)20/h11-13H,4-10H2,1-3H3,(H,19,20)/t12?,13-,16+/m0/s1. The van der Waals surface area contributed by atoms with Crippen LogP contribution in [0.5, 0.6) is 0 Å². The van der Waals surface area contributed by atoms with Gasteiger partial charge in [0.25, 0.3) is 5.91 Å². The molecular weight excluding hydrogens is 270 g/mol. The second-order valence-corrected chi connectivity index (χ2v) is 6.96. The molecule has 2 rings (SSSR count). The number of aliphatic carboxylic acids is 1. The summed E-state index contributed by atoms with van der Waals surface area (Å²) in [5.41, 5.74) is -0.701. The quantitative estimate of drug-likeness (QED) is 0.816. The fourth-order valence-electron chi connectivity index (χ4n) is 3.62. The van der Waals surface area contributed by atoms with Crippen LogP contribution in [0.3, 0.4) is 0 Å². The number of likely N-dealkylation sites (tertiary alicyclic amines) is 1. The molecule has 3 atom stereocenters. The predicted octanol–water partition coefficient (Wildman–Crippen LogP) is 2.15. The van der Waals surface area contributed by atoms with Crippen molar-refractivity contribution < 1.29 is 19.4 Å². The molecule has 120 valence electrons. The number of fused-ring (bicyclic) bond motifs is 1. The molecule has 1 heterocycles. The molecule has 1 N–H and O–H groups in total. The van der Waals surface area contributed by atoms with Crippen molar-refractivity contribution in [3.63, 3.8) is 0 Å². The summed E-state index contributed by atoms with van der Waals surface area (Å²) in [4.78, 5) is 25.8. The Bertz CT molecular complexity index is 409. The number of rotatable bonds is 6. The van der Waals surface area contributed by atoms with Gasteiger partial charge in [0.1, 0.15) is 6.10 Å². The Labute approximate surface area is 126 Å². The van der Waals surface area contributed by atoms with Gasteiger partial charge in [0.2, 0.25) is 0 Å². The number of carbonyl (C=O) groups is 2. The molecule has 1 saturated heterocycles. The summed E-state index contributed by atoms with van der Waals surface area (Å²) in [5, 5.41) is 9.55. The molecule has 0 aromatic carbocycles. The average Bonchev–Trinajstić information content (AvgIpc) is 2.94. The highest BCUT2D eigenvalue weighted by atomic mass is 16.5. The normalized spacial score (nSPS) is 29.7. The second kappa shape index (κ2) is 6.34. The highest BCUT2D eigenvalue weighted by Gasteiger charge is 2.56. The lowest BCUT2D eigenvalue weighted by molar-refractivity contribution is -0.150. The zero-order valence-electron chi connectivity index (χ0n) is 13.3. The Morgan fingerprint density at radius 1 is 1.38 bits per heavy atom. The van der Waals surface area contributed by atoms with E-state index in [1.165, 1.54) is 0 Å². The van der Waals surface area contributed by atoms with Crippen LogP contribution in [0.25, 0.3) is 0 Å². The minimum atomic E-state index is -0.742. The summed E-state index contributed by atoms with van der Waals surface area (Å²) in [6.45, 7) is 7.51. The largest absolute Gasteiger partial charge is 0.481 e. The van der Waals surface area contributed by atoms with Crippen LogP contribution in [-0.4, -0.2) is 47.7 Å². The minimum Gasteiger partial charge on any atom is -0.481 e. The summed E-state index contributed by atoms with van der Waals surface area (Å²) in [5.74, 6) is -0.141. The van der Waals surface area contributed by atoms with E-state index in [9.17, 15) is 14.7 Å². The van der Waals surface area contributed by atoms with Crippen molar-refractivity contribution in [1.82, 2.24) is 4.90 Å². The van der Waals surface area contributed by atoms with Gasteiger partial charge in [-0.15, -0.1) is 0 Å². The van der Waals surface area contributed by atoms with Gasteiger partial charge in [-0.1, -0.05) is 20.3 Å². The van der Waals surface area contributed by atoms with Gasteiger partial charge in [0.05, 0.1) is 5.41 Å². The van der Waals surface area contributed by atoms with Gasteiger partial charge in [-0.25, -0.2) is 0 Å². The molecule has 1 aliphatic carbocycles. The predicted molar refractivity (Wildman–Crippen MR) is 78.9 cm³/mol. The van der Waals surface area contributed by atoms with E-state index in [1.807, 2.05) is 0 Å². The lowest BCUT2D eigenvalue weighted by atomic mass is 9.81. The molecule has 2 aliphatic rings. The van der Waals surface area contributed by atoms with Crippen LogP contribution in [0.15, 0.2) is 0 Å². The van der Waals surface area contributed by atoms with Crippen LogP contribution in [0.4, 0.5) is 0 Å². The minimum absolute atomic E-state index is 0.0613. The van der Waals surface area contributed by atoms with Gasteiger partial charge < -0.3 is 14.7 Å². The third-order valence-electron chi connectivity index (χ3n) is 5.02. The number of ether oxygens (including phenoxy) is 1. The van der Waals surface area contributed by atoms with Crippen molar-refractivity contribution in [3.8, 4) is 0 Å². The van der Waals surface area contributed by atoms with E-state index >= 15 is 0 Å². The van der Waals surface area contributed by atoms with Crippen LogP contribution in [0, 0.1) is 17.3 Å². The van der Waals surface area contributed by atoms with Crippen LogP contribution >= 0.6 is 0 Å². The number of carbonyl (C=O) groups excluding carboxylic acids is 1. The molecule has 2 fully saturated rings. The van der Waals surface area contributed by atoms with Crippen LogP contribution in [-0.2, 0) is 14.3 Å². The van der Waals surface area contributed by atoms with E-state index in [0.29, 0.717) is 32.0 Å². The smallest absolute Gasteiger partial charge is 0.311 e. The third-order valence-corrected chi connectivity index (χ3v) is 5.02. The lowest BCUT2D eigenvalue weighted by Gasteiger charge is -2.25. The van der Waals surface area contributed by atoms with Crippen molar-refractivity contribution in [2.45, 2.75) is 52.6 Å². The molecule has 0 aromatic heterocycles. The summed E-state index contributed by atoms with van der Waals surface area (Å²) in [6, 6.07) is 0. The van der Waals surface area contributed by atoms with Crippen molar-refractivity contribution in [2.75, 3.05) is 19.7 Å². The van der Waals surface area contributed by atoms with Gasteiger partial charge in [-0.2, -0.15) is 0 Å². The van der Waals surface area contributed by atoms with Crippen LogP contribution < -0.4 is 0 Å². The van der Waals surface area contributed by atoms with Gasteiger partial charge >= 0.3 is 5.97 Å². The molecule has 5 nitrogen and oxygen atoms in total. The Balaban J connectivity index is 1.91. The van der Waals surface area contributed by atoms with Gasteiger partial charge in [0, 0.05) is 19.7 Å². The SMILES string of the molecule is CC(C)CCOC(C)C(=O)N1C[C@@H]2CCC[C@@]2(C(=O)O)C1. The van der Waals surface area contributed by atoms with Crippen molar-refractivity contribution in [2.24, 2.45) is 17.3 Å². The highest BCUT2D eigenvalue weighted by Crippen LogP contribution is 2.49. The van der Waals surface area contributed by atoms with E-state index in [-0.39, 0.29) is 11.8 Å². The van der Waals surface area contributed by atoms with Gasteiger partial charge in [-0.05, 0) is 38.0 Å². The number of amides is 1. The Morgan fingerprint density at radius 3 is 2.67 bits per heavy atom. The fraction of sp³-hybridized carbons (Fsp3) is 0.875. The zero-order valence-corrected chi connectivity index (χ0v) is 13.3. The molecule has 1 saturated carbocycles. The van der Waals surface area contributed by atoms with Gasteiger partial charge in [-0.3, -0.25) is 9.59 Å².